The maximum atomic E-state index is 6.31. The second-order valence-electron chi connectivity index (χ2n) is 4.85. The summed E-state index contributed by atoms with van der Waals surface area (Å²) in [7, 11) is 1.56. The fraction of sp³-hybridized carbons (Fsp3) is 0.462. The molecule has 2 aromatic rings. The van der Waals surface area contributed by atoms with E-state index in [4.69, 9.17) is 15.0 Å². The van der Waals surface area contributed by atoms with Crippen molar-refractivity contribution in [3.05, 3.63) is 24.2 Å². The van der Waals surface area contributed by atoms with E-state index in [2.05, 4.69) is 15.1 Å². The number of methoxy groups -OCH3 is 1. The number of nitrogens with zero attached hydrogens (tertiary/aromatic N) is 3. The number of halogens is 1. The van der Waals surface area contributed by atoms with Crippen molar-refractivity contribution in [2.24, 2.45) is 5.73 Å². The molecule has 1 saturated carbocycles. The fourth-order valence-corrected chi connectivity index (χ4v) is 2.48. The molecule has 0 atom stereocenters. The number of nitrogens with two attached hydrogens (primary N) is 1. The van der Waals surface area contributed by atoms with Crippen molar-refractivity contribution >= 4 is 12.4 Å². The van der Waals surface area contributed by atoms with Crippen LogP contribution in [0.15, 0.2) is 22.9 Å². The molecule has 1 aliphatic carbocycles. The zero-order valence-electron chi connectivity index (χ0n) is 11.2. The highest BCUT2D eigenvalue weighted by atomic mass is 35.5. The highest BCUT2D eigenvalue weighted by Gasteiger charge is 2.36. The summed E-state index contributed by atoms with van der Waals surface area (Å²) in [6.45, 7) is 0. The summed E-state index contributed by atoms with van der Waals surface area (Å²) >= 11 is 0. The zero-order valence-corrected chi connectivity index (χ0v) is 12.0. The van der Waals surface area contributed by atoms with Crippen molar-refractivity contribution < 1.29 is 9.26 Å². The maximum Gasteiger partial charge on any atom is 0.263 e. The molecule has 0 spiro atoms. The topological polar surface area (TPSA) is 87.1 Å². The normalized spacial score (nSPS) is 16.7. The molecule has 3 rings (SSSR count). The fourth-order valence-electron chi connectivity index (χ4n) is 2.48. The molecular weight excluding hydrogens is 280 g/mol. The van der Waals surface area contributed by atoms with E-state index in [1.807, 2.05) is 6.07 Å². The van der Waals surface area contributed by atoms with Gasteiger partial charge in [-0.2, -0.15) is 4.98 Å². The van der Waals surface area contributed by atoms with E-state index in [1.54, 1.807) is 19.4 Å². The van der Waals surface area contributed by atoms with Crippen LogP contribution in [0.2, 0.25) is 0 Å². The molecule has 6 nitrogen and oxygen atoms in total. The van der Waals surface area contributed by atoms with Crippen LogP contribution in [0.4, 0.5) is 0 Å². The van der Waals surface area contributed by atoms with Crippen LogP contribution in [0.25, 0.3) is 11.5 Å². The number of hydrogen-bond acceptors (Lipinski definition) is 6. The second-order valence-corrected chi connectivity index (χ2v) is 4.85. The van der Waals surface area contributed by atoms with Gasteiger partial charge in [-0.3, -0.25) is 0 Å². The molecule has 7 heteroatoms. The molecule has 0 amide bonds. The number of rotatable bonds is 3. The summed E-state index contributed by atoms with van der Waals surface area (Å²) in [6, 6.07) is 3.64. The Morgan fingerprint density at radius 2 is 2.10 bits per heavy atom. The van der Waals surface area contributed by atoms with Gasteiger partial charge in [0.1, 0.15) is 5.56 Å². The van der Waals surface area contributed by atoms with E-state index < -0.39 is 5.54 Å². The van der Waals surface area contributed by atoms with Gasteiger partial charge in [-0.25, -0.2) is 4.98 Å². The van der Waals surface area contributed by atoms with Crippen molar-refractivity contribution in [3.8, 4) is 17.3 Å². The highest BCUT2D eigenvalue weighted by Crippen LogP contribution is 2.36. The van der Waals surface area contributed by atoms with Gasteiger partial charge in [0.25, 0.3) is 5.89 Å². The Labute approximate surface area is 123 Å². The summed E-state index contributed by atoms with van der Waals surface area (Å²) < 4.78 is 10.5. The summed E-state index contributed by atoms with van der Waals surface area (Å²) in [6.07, 6.45) is 5.67. The highest BCUT2D eigenvalue weighted by molar-refractivity contribution is 5.85. The van der Waals surface area contributed by atoms with Crippen molar-refractivity contribution in [1.82, 2.24) is 15.1 Å². The van der Waals surface area contributed by atoms with Gasteiger partial charge in [-0.15, -0.1) is 12.4 Å². The van der Waals surface area contributed by atoms with Crippen LogP contribution in [-0.2, 0) is 5.54 Å². The van der Waals surface area contributed by atoms with E-state index >= 15 is 0 Å². The Morgan fingerprint density at radius 1 is 1.35 bits per heavy atom. The van der Waals surface area contributed by atoms with Crippen LogP contribution < -0.4 is 10.5 Å². The van der Waals surface area contributed by atoms with Crippen LogP contribution in [0, 0.1) is 0 Å². The second kappa shape index (κ2) is 5.76. The minimum atomic E-state index is -0.447. The number of ether oxygens (including phenoxy) is 1. The zero-order chi connectivity index (χ0) is 13.3. The Balaban J connectivity index is 0.00000147. The molecule has 0 unspecified atom stereocenters. The van der Waals surface area contributed by atoms with Crippen molar-refractivity contribution in [2.45, 2.75) is 31.2 Å². The third-order valence-electron chi connectivity index (χ3n) is 3.56. The minimum Gasteiger partial charge on any atom is -0.480 e. The van der Waals surface area contributed by atoms with Crippen LogP contribution in [-0.4, -0.2) is 22.2 Å². The first-order valence-corrected chi connectivity index (χ1v) is 6.35. The average Bonchev–Trinajstić information content (AvgIpc) is 3.08. The summed E-state index contributed by atoms with van der Waals surface area (Å²) in [4.78, 5) is 8.54. The van der Waals surface area contributed by atoms with Crippen molar-refractivity contribution in [2.75, 3.05) is 7.11 Å². The lowest BCUT2D eigenvalue weighted by Crippen LogP contribution is -2.34. The Hall–Kier alpha value is -1.66. The van der Waals surface area contributed by atoms with Crippen LogP contribution >= 0.6 is 12.4 Å². The van der Waals surface area contributed by atoms with Crippen LogP contribution in [0.1, 0.15) is 31.5 Å². The molecule has 108 valence electrons. The van der Waals surface area contributed by atoms with Crippen LogP contribution in [0.3, 0.4) is 0 Å². The minimum absolute atomic E-state index is 0. The number of aromatic nitrogens is 3. The lowest BCUT2D eigenvalue weighted by molar-refractivity contribution is 0.369. The third kappa shape index (κ3) is 2.48. The van der Waals surface area contributed by atoms with Gasteiger partial charge in [0.05, 0.1) is 12.6 Å². The molecule has 20 heavy (non-hydrogen) atoms. The third-order valence-corrected chi connectivity index (χ3v) is 3.56. The van der Waals surface area contributed by atoms with Crippen LogP contribution in [0.5, 0.6) is 5.88 Å². The predicted octanol–water partition coefficient (Wildman–Crippen LogP) is 2.29. The summed E-state index contributed by atoms with van der Waals surface area (Å²) in [5, 5.41) is 4.03. The SMILES string of the molecule is COc1ncccc1-c1nc(C2(N)CCCC2)no1.Cl. The summed E-state index contributed by atoms with van der Waals surface area (Å²) in [5.74, 6) is 1.44. The molecule has 0 radical (unpaired) electrons. The van der Waals surface area contributed by atoms with Gasteiger partial charge in [0, 0.05) is 6.20 Å². The van der Waals surface area contributed by atoms with Gasteiger partial charge in [-0.05, 0) is 25.0 Å². The molecule has 1 fully saturated rings. The number of pyridine rings is 1. The lowest BCUT2D eigenvalue weighted by Gasteiger charge is -2.17. The van der Waals surface area contributed by atoms with Gasteiger partial charge in [0.15, 0.2) is 5.82 Å². The molecule has 1 aliphatic rings. The van der Waals surface area contributed by atoms with E-state index in [9.17, 15) is 0 Å². The molecule has 2 heterocycles. The van der Waals surface area contributed by atoms with E-state index in [1.165, 1.54) is 0 Å². The summed E-state index contributed by atoms with van der Waals surface area (Å²) in [5.41, 5.74) is 6.55. The lowest BCUT2D eigenvalue weighted by atomic mass is 9.99. The van der Waals surface area contributed by atoms with Gasteiger partial charge >= 0.3 is 0 Å². The first kappa shape index (κ1) is 14.7. The molecule has 2 aromatic heterocycles. The van der Waals surface area contributed by atoms with Gasteiger partial charge in [-0.1, -0.05) is 18.0 Å². The van der Waals surface area contributed by atoms with E-state index in [0.717, 1.165) is 25.7 Å². The molecule has 2 N–H and O–H groups in total. The standard InChI is InChI=1S/C13H16N4O2.ClH/c1-18-10-9(5-4-8-15-10)11-16-12(17-19-11)13(14)6-2-3-7-13;/h4-5,8H,2-3,6-7,14H2,1H3;1H. The first-order valence-electron chi connectivity index (χ1n) is 6.35. The quantitative estimate of drug-likeness (QED) is 0.935. The number of hydrogen-bond donors (Lipinski definition) is 1. The molecule has 0 aromatic carbocycles. The van der Waals surface area contributed by atoms with Crippen molar-refractivity contribution in [1.29, 1.82) is 0 Å². The van der Waals surface area contributed by atoms with Gasteiger partial charge in [0.2, 0.25) is 5.88 Å². The Kier molecular flexibility index (Phi) is 4.25. The molecule has 0 saturated heterocycles. The molecule has 0 bridgehead atoms. The Morgan fingerprint density at radius 3 is 2.80 bits per heavy atom. The molecular formula is C13H17ClN4O2. The monoisotopic (exact) mass is 296 g/mol. The van der Waals surface area contributed by atoms with E-state index in [-0.39, 0.29) is 12.4 Å². The largest absolute Gasteiger partial charge is 0.480 e. The Bertz CT molecular complexity index is 581. The predicted molar refractivity (Wildman–Crippen MR) is 75.7 cm³/mol. The smallest absolute Gasteiger partial charge is 0.263 e. The molecule has 0 aliphatic heterocycles. The first-order chi connectivity index (χ1) is 9.23. The van der Waals surface area contributed by atoms with Crippen molar-refractivity contribution in [3.63, 3.8) is 0 Å². The van der Waals surface area contributed by atoms with Gasteiger partial charge < -0.3 is 15.0 Å². The average molecular weight is 297 g/mol. The van der Waals surface area contributed by atoms with E-state index in [0.29, 0.717) is 23.2 Å². The maximum absolute atomic E-state index is 6.31.